The first-order valence-electron chi connectivity index (χ1n) is 8.27. The Kier molecular flexibility index (Phi) is 4.58. The molecular weight excluding hydrogens is 354 g/mol. The van der Waals surface area contributed by atoms with E-state index in [1.165, 1.54) is 0 Å². The summed E-state index contributed by atoms with van der Waals surface area (Å²) >= 11 is 5.94. The number of carbonyl (C=O) groups is 1. The van der Waals surface area contributed by atoms with Gasteiger partial charge in [0.05, 0.1) is 6.42 Å². The molecule has 6 nitrogen and oxygen atoms in total. The van der Waals surface area contributed by atoms with E-state index in [0.29, 0.717) is 36.0 Å². The van der Waals surface area contributed by atoms with Gasteiger partial charge >= 0.3 is 0 Å². The molecule has 1 atom stereocenters. The Hall–Kier alpha value is -2.86. The fourth-order valence-corrected chi connectivity index (χ4v) is 3.02. The molecule has 3 aromatic rings. The number of hydrogen-bond acceptors (Lipinski definition) is 5. The number of fused-ring (bicyclic) bond motifs is 1. The number of oxazole rings is 1. The van der Waals surface area contributed by atoms with Gasteiger partial charge in [-0.05, 0) is 29.8 Å². The lowest BCUT2D eigenvalue weighted by Crippen LogP contribution is -2.30. The summed E-state index contributed by atoms with van der Waals surface area (Å²) in [7, 11) is 0. The van der Waals surface area contributed by atoms with E-state index in [1.54, 1.807) is 6.07 Å². The number of hydrogen-bond donors (Lipinski definition) is 1. The Morgan fingerprint density at radius 1 is 1.23 bits per heavy atom. The molecule has 7 heteroatoms. The Balaban J connectivity index is 1.31. The van der Waals surface area contributed by atoms with Crippen LogP contribution in [0, 0.1) is 0 Å². The van der Waals surface area contributed by atoms with Gasteiger partial charge in [0.25, 0.3) is 5.91 Å². The van der Waals surface area contributed by atoms with Crippen molar-refractivity contribution in [3.05, 3.63) is 65.0 Å². The molecular formula is C19H16ClN3O3. The van der Waals surface area contributed by atoms with Crippen LogP contribution in [0.2, 0.25) is 5.02 Å². The standard InChI is InChI=1S/C19H16ClN3O3/c20-13-5-3-4-12(8-13)11-21-19(24)16-9-14(26-23-16)10-18-22-15-6-1-2-7-17(15)25-18/h1-8,14H,9-11H2,(H,21,24)/t14-/m0/s1. The SMILES string of the molecule is O=C(NCc1cccc(Cl)c1)C1=NO[C@H](Cc2nc3ccccc3o2)C1. The number of para-hydroxylation sites is 2. The summed E-state index contributed by atoms with van der Waals surface area (Å²) in [5.41, 5.74) is 2.84. The molecule has 4 rings (SSSR count). The Morgan fingerprint density at radius 3 is 2.96 bits per heavy atom. The average molecular weight is 370 g/mol. The van der Waals surface area contributed by atoms with Gasteiger partial charge in [0, 0.05) is 18.0 Å². The normalized spacial score (nSPS) is 16.3. The molecule has 0 fully saturated rings. The lowest BCUT2D eigenvalue weighted by atomic mass is 10.1. The maximum absolute atomic E-state index is 12.2. The number of halogens is 1. The van der Waals surface area contributed by atoms with E-state index in [1.807, 2.05) is 42.5 Å². The van der Waals surface area contributed by atoms with E-state index in [0.717, 1.165) is 16.7 Å². The molecule has 0 bridgehead atoms. The van der Waals surface area contributed by atoms with Crippen molar-refractivity contribution < 1.29 is 14.0 Å². The summed E-state index contributed by atoms with van der Waals surface area (Å²) < 4.78 is 5.69. The molecule has 0 spiro atoms. The third-order valence-electron chi connectivity index (χ3n) is 4.08. The van der Waals surface area contributed by atoms with E-state index in [-0.39, 0.29) is 12.0 Å². The number of rotatable bonds is 5. The average Bonchev–Trinajstić information content (AvgIpc) is 3.26. The van der Waals surface area contributed by atoms with Crippen LogP contribution in [0.4, 0.5) is 0 Å². The maximum Gasteiger partial charge on any atom is 0.269 e. The first-order chi connectivity index (χ1) is 12.7. The van der Waals surface area contributed by atoms with Crippen LogP contribution in [-0.4, -0.2) is 22.7 Å². The van der Waals surface area contributed by atoms with Gasteiger partial charge < -0.3 is 14.6 Å². The highest BCUT2D eigenvalue weighted by molar-refractivity contribution is 6.39. The second-order valence-corrected chi connectivity index (χ2v) is 6.50. The van der Waals surface area contributed by atoms with Gasteiger partial charge in [-0.2, -0.15) is 0 Å². The molecule has 2 aromatic carbocycles. The van der Waals surface area contributed by atoms with Crippen LogP contribution in [-0.2, 0) is 22.6 Å². The highest BCUT2D eigenvalue weighted by Crippen LogP contribution is 2.20. The Morgan fingerprint density at radius 2 is 2.12 bits per heavy atom. The lowest BCUT2D eigenvalue weighted by molar-refractivity contribution is -0.115. The fourth-order valence-electron chi connectivity index (χ4n) is 2.81. The van der Waals surface area contributed by atoms with Gasteiger partial charge in [-0.15, -0.1) is 0 Å². The zero-order valence-corrected chi connectivity index (χ0v) is 14.6. The molecule has 0 saturated heterocycles. The third-order valence-corrected chi connectivity index (χ3v) is 4.31. The predicted octanol–water partition coefficient (Wildman–Crippen LogP) is 3.49. The van der Waals surface area contributed by atoms with E-state index in [4.69, 9.17) is 20.9 Å². The molecule has 2 heterocycles. The Bertz CT molecular complexity index is 950. The number of oxime groups is 1. The zero-order chi connectivity index (χ0) is 17.9. The van der Waals surface area contributed by atoms with Gasteiger partial charge in [0.15, 0.2) is 11.5 Å². The first kappa shape index (κ1) is 16.6. The van der Waals surface area contributed by atoms with Gasteiger partial charge in [0.2, 0.25) is 0 Å². The van der Waals surface area contributed by atoms with Crippen molar-refractivity contribution in [1.29, 1.82) is 0 Å². The van der Waals surface area contributed by atoms with E-state index < -0.39 is 0 Å². The monoisotopic (exact) mass is 369 g/mol. The summed E-state index contributed by atoms with van der Waals surface area (Å²) in [6.45, 7) is 0.383. The van der Waals surface area contributed by atoms with E-state index >= 15 is 0 Å². The van der Waals surface area contributed by atoms with Crippen LogP contribution >= 0.6 is 11.6 Å². The molecule has 1 N–H and O–H groups in total. The van der Waals surface area contributed by atoms with Crippen molar-refractivity contribution in [2.45, 2.75) is 25.5 Å². The molecule has 0 saturated carbocycles. The highest BCUT2D eigenvalue weighted by atomic mass is 35.5. The van der Waals surface area contributed by atoms with Crippen LogP contribution in [0.25, 0.3) is 11.1 Å². The summed E-state index contributed by atoms with van der Waals surface area (Å²) in [5.74, 6) is 0.331. The summed E-state index contributed by atoms with van der Waals surface area (Å²) in [6, 6.07) is 14.9. The van der Waals surface area contributed by atoms with E-state index in [9.17, 15) is 4.79 Å². The van der Waals surface area contributed by atoms with Crippen LogP contribution in [0.15, 0.2) is 58.1 Å². The van der Waals surface area contributed by atoms with Crippen molar-refractivity contribution in [1.82, 2.24) is 10.3 Å². The molecule has 1 aliphatic heterocycles. The molecule has 0 unspecified atom stereocenters. The quantitative estimate of drug-likeness (QED) is 0.746. The number of carbonyl (C=O) groups excluding carboxylic acids is 1. The zero-order valence-electron chi connectivity index (χ0n) is 13.8. The summed E-state index contributed by atoms with van der Waals surface area (Å²) in [6.07, 6.45) is 0.624. The van der Waals surface area contributed by atoms with Crippen molar-refractivity contribution in [3.8, 4) is 0 Å². The van der Waals surface area contributed by atoms with Crippen LogP contribution in [0.3, 0.4) is 0 Å². The minimum absolute atomic E-state index is 0.245. The van der Waals surface area contributed by atoms with Crippen molar-refractivity contribution in [2.24, 2.45) is 5.16 Å². The molecule has 1 aromatic heterocycles. The minimum atomic E-state index is -0.255. The van der Waals surface area contributed by atoms with Crippen molar-refractivity contribution in [3.63, 3.8) is 0 Å². The molecule has 1 aliphatic rings. The van der Waals surface area contributed by atoms with Gasteiger partial charge in [-0.3, -0.25) is 4.79 Å². The summed E-state index contributed by atoms with van der Waals surface area (Å²) in [5, 5.41) is 7.37. The van der Waals surface area contributed by atoms with E-state index in [2.05, 4.69) is 15.5 Å². The smallest absolute Gasteiger partial charge is 0.269 e. The first-order valence-corrected chi connectivity index (χ1v) is 8.65. The van der Waals surface area contributed by atoms with Gasteiger partial charge in [-0.1, -0.05) is 41.0 Å². The lowest BCUT2D eigenvalue weighted by Gasteiger charge is -2.05. The van der Waals surface area contributed by atoms with Gasteiger partial charge in [0.1, 0.15) is 17.3 Å². The number of nitrogens with zero attached hydrogens (tertiary/aromatic N) is 2. The largest absolute Gasteiger partial charge is 0.441 e. The number of benzene rings is 2. The molecule has 0 radical (unpaired) electrons. The summed E-state index contributed by atoms with van der Waals surface area (Å²) in [4.78, 5) is 22.0. The van der Waals surface area contributed by atoms with Crippen LogP contribution < -0.4 is 5.32 Å². The molecule has 26 heavy (non-hydrogen) atoms. The number of aromatic nitrogens is 1. The Labute approximate surface area is 154 Å². The third kappa shape index (κ3) is 3.70. The second kappa shape index (κ2) is 7.17. The fraction of sp³-hybridized carbons (Fsp3) is 0.211. The van der Waals surface area contributed by atoms with Crippen molar-refractivity contribution in [2.75, 3.05) is 0 Å². The molecule has 1 amide bonds. The van der Waals surface area contributed by atoms with Crippen LogP contribution in [0.1, 0.15) is 17.9 Å². The maximum atomic E-state index is 12.2. The van der Waals surface area contributed by atoms with Crippen molar-refractivity contribution >= 4 is 34.3 Å². The van der Waals surface area contributed by atoms with Crippen LogP contribution in [0.5, 0.6) is 0 Å². The predicted molar refractivity (Wildman–Crippen MR) is 97.9 cm³/mol. The minimum Gasteiger partial charge on any atom is -0.441 e. The molecule has 0 aliphatic carbocycles. The number of amides is 1. The topological polar surface area (TPSA) is 76.7 Å². The number of nitrogens with one attached hydrogen (secondary N) is 1. The second-order valence-electron chi connectivity index (χ2n) is 6.06. The van der Waals surface area contributed by atoms with Gasteiger partial charge in [-0.25, -0.2) is 4.98 Å². The molecule has 132 valence electrons. The highest BCUT2D eigenvalue weighted by Gasteiger charge is 2.27.